The van der Waals surface area contributed by atoms with Crippen molar-refractivity contribution in [3.63, 3.8) is 0 Å². The molecule has 1 N–H and O–H groups in total. The number of nitrogens with one attached hydrogen (secondary N) is 1. The number of nitriles is 1. The number of methoxy groups -OCH3 is 1. The number of nitro groups is 1. The van der Waals surface area contributed by atoms with Crippen LogP contribution in [-0.4, -0.2) is 17.9 Å². The number of rotatable bonds is 6. The molecular formula is C17H14BrN3O4. The number of carbonyl (C=O) groups excluding carboxylic acids is 1. The van der Waals surface area contributed by atoms with E-state index in [4.69, 9.17) is 10.00 Å². The van der Waals surface area contributed by atoms with E-state index in [-0.39, 0.29) is 17.8 Å². The molecule has 0 saturated heterocycles. The summed E-state index contributed by atoms with van der Waals surface area (Å²) in [5.74, 6) is 0.126. The van der Waals surface area contributed by atoms with Crippen molar-refractivity contribution in [2.75, 3.05) is 12.4 Å². The summed E-state index contributed by atoms with van der Waals surface area (Å²) < 4.78 is 5.49. The van der Waals surface area contributed by atoms with Crippen molar-refractivity contribution in [1.82, 2.24) is 0 Å². The highest BCUT2D eigenvalue weighted by Gasteiger charge is 2.20. The maximum absolute atomic E-state index is 11.6. The molecule has 128 valence electrons. The summed E-state index contributed by atoms with van der Waals surface area (Å²) in [5, 5.41) is 22.3. The molecule has 0 bridgehead atoms. The van der Waals surface area contributed by atoms with Gasteiger partial charge in [-0.2, -0.15) is 5.26 Å². The summed E-state index contributed by atoms with van der Waals surface area (Å²) >= 11 is 3.26. The maximum Gasteiger partial charge on any atom is 0.294 e. The Balaban J connectivity index is 2.32. The number of nitro benzene ring substituents is 1. The lowest BCUT2D eigenvalue weighted by atomic mass is 10.0. The number of ether oxygens (including phenoxy) is 1. The second-order valence-electron chi connectivity index (χ2n) is 5.14. The Hall–Kier alpha value is -2.92. The van der Waals surface area contributed by atoms with Gasteiger partial charge in [0, 0.05) is 10.5 Å². The van der Waals surface area contributed by atoms with Crippen LogP contribution in [0.5, 0.6) is 5.75 Å². The van der Waals surface area contributed by atoms with Crippen LogP contribution < -0.4 is 10.1 Å². The fourth-order valence-corrected chi connectivity index (χ4v) is 2.85. The van der Waals surface area contributed by atoms with Crippen molar-refractivity contribution in [3.05, 3.63) is 62.1 Å². The number of carbonyl (C=O) groups is 1. The molecule has 0 saturated carbocycles. The molecule has 0 aliphatic carbocycles. The van der Waals surface area contributed by atoms with Crippen molar-refractivity contribution in [3.8, 4) is 11.8 Å². The van der Waals surface area contributed by atoms with Crippen molar-refractivity contribution in [1.29, 1.82) is 5.26 Å². The van der Waals surface area contributed by atoms with E-state index in [0.717, 1.165) is 11.3 Å². The zero-order valence-corrected chi connectivity index (χ0v) is 14.9. The van der Waals surface area contributed by atoms with E-state index in [1.54, 1.807) is 19.2 Å². The van der Waals surface area contributed by atoms with Crippen LogP contribution in [0.1, 0.15) is 17.5 Å². The van der Waals surface area contributed by atoms with E-state index >= 15 is 0 Å². The fourth-order valence-electron chi connectivity index (χ4n) is 2.25. The van der Waals surface area contributed by atoms with Gasteiger partial charge in [-0.15, -0.1) is 0 Å². The van der Waals surface area contributed by atoms with Gasteiger partial charge < -0.3 is 10.1 Å². The zero-order chi connectivity index (χ0) is 18.4. The van der Waals surface area contributed by atoms with E-state index in [2.05, 4.69) is 21.2 Å². The molecule has 2 aromatic rings. The highest BCUT2D eigenvalue weighted by Crippen LogP contribution is 2.35. The summed E-state index contributed by atoms with van der Waals surface area (Å²) in [5.41, 5.74) is 1.48. The van der Waals surface area contributed by atoms with Crippen molar-refractivity contribution in [2.45, 2.75) is 12.8 Å². The lowest BCUT2D eigenvalue weighted by Gasteiger charge is -2.10. The first-order chi connectivity index (χ1) is 11.9. The number of amides is 1. The molecule has 0 atom stereocenters. The number of benzene rings is 2. The molecule has 0 aromatic heterocycles. The van der Waals surface area contributed by atoms with Crippen LogP contribution in [0, 0.1) is 21.4 Å². The van der Waals surface area contributed by atoms with Gasteiger partial charge in [0.25, 0.3) is 5.69 Å². The van der Waals surface area contributed by atoms with Crippen LogP contribution in [-0.2, 0) is 11.2 Å². The van der Waals surface area contributed by atoms with E-state index in [1.165, 1.54) is 6.07 Å². The third-order valence-corrected chi connectivity index (χ3v) is 4.02. The molecule has 2 aromatic carbocycles. The summed E-state index contributed by atoms with van der Waals surface area (Å²) in [7, 11) is 1.58. The van der Waals surface area contributed by atoms with E-state index < -0.39 is 10.8 Å². The lowest BCUT2D eigenvalue weighted by molar-refractivity contribution is -0.384. The molecule has 7 nitrogen and oxygen atoms in total. The Morgan fingerprint density at radius 3 is 2.56 bits per heavy atom. The maximum atomic E-state index is 11.6. The number of halogens is 1. The van der Waals surface area contributed by atoms with Gasteiger partial charge in [-0.1, -0.05) is 12.1 Å². The van der Waals surface area contributed by atoms with Crippen LogP contribution in [0.3, 0.4) is 0 Å². The molecule has 0 fully saturated rings. The Bertz CT molecular complexity index is 844. The van der Waals surface area contributed by atoms with Crippen LogP contribution in [0.4, 0.5) is 11.4 Å². The number of nitrogens with zero attached hydrogens (tertiary/aromatic N) is 2. The van der Waals surface area contributed by atoms with E-state index in [0.29, 0.717) is 16.5 Å². The van der Waals surface area contributed by atoms with Crippen LogP contribution in [0.2, 0.25) is 0 Å². The minimum atomic E-state index is -0.603. The van der Waals surface area contributed by atoms with Gasteiger partial charge in [-0.3, -0.25) is 14.9 Å². The molecule has 0 aliphatic rings. The molecule has 2 rings (SSSR count). The summed E-state index contributed by atoms with van der Waals surface area (Å²) in [6.45, 7) is 0. The first-order valence-electron chi connectivity index (χ1n) is 7.21. The minimum absolute atomic E-state index is 0.0451. The van der Waals surface area contributed by atoms with Gasteiger partial charge in [-0.25, -0.2) is 0 Å². The van der Waals surface area contributed by atoms with Crippen LogP contribution in [0.25, 0.3) is 0 Å². The molecule has 0 heterocycles. The predicted molar refractivity (Wildman–Crippen MR) is 95.5 cm³/mol. The predicted octanol–water partition coefficient (Wildman–Crippen LogP) is 3.81. The highest BCUT2D eigenvalue weighted by atomic mass is 79.9. The standard InChI is InChI=1S/C17H14BrN3O4/c1-25-13-4-2-11(3-5-13)8-12-9-14(18)17(15(10-12)21(23)24)20-16(22)6-7-19/h2-5,9-10H,6,8H2,1H3,(H,20,22). The van der Waals surface area contributed by atoms with Crippen LogP contribution in [0.15, 0.2) is 40.9 Å². The number of hydrogen-bond acceptors (Lipinski definition) is 5. The molecule has 0 radical (unpaired) electrons. The Labute approximate surface area is 152 Å². The van der Waals surface area contributed by atoms with Gasteiger partial charge in [0.05, 0.1) is 18.1 Å². The first-order valence-corrected chi connectivity index (χ1v) is 8.00. The second kappa shape index (κ2) is 8.26. The largest absolute Gasteiger partial charge is 0.497 e. The molecular weight excluding hydrogens is 390 g/mol. The van der Waals surface area contributed by atoms with Gasteiger partial charge >= 0.3 is 0 Å². The molecule has 1 amide bonds. The molecule has 0 aliphatic heterocycles. The number of hydrogen-bond donors (Lipinski definition) is 1. The molecule has 25 heavy (non-hydrogen) atoms. The summed E-state index contributed by atoms with van der Waals surface area (Å²) in [4.78, 5) is 22.4. The first kappa shape index (κ1) is 18.4. The van der Waals surface area contributed by atoms with Crippen molar-refractivity contribution >= 4 is 33.2 Å². The van der Waals surface area contributed by atoms with Gasteiger partial charge in [0.1, 0.15) is 17.9 Å². The average Bonchev–Trinajstić information content (AvgIpc) is 2.57. The van der Waals surface area contributed by atoms with Crippen molar-refractivity contribution < 1.29 is 14.5 Å². The van der Waals surface area contributed by atoms with Crippen molar-refractivity contribution in [2.24, 2.45) is 0 Å². The van der Waals surface area contributed by atoms with Gasteiger partial charge in [0.2, 0.25) is 5.91 Å². The topological polar surface area (TPSA) is 105 Å². The van der Waals surface area contributed by atoms with E-state index in [1.807, 2.05) is 24.3 Å². The summed E-state index contributed by atoms with van der Waals surface area (Å²) in [6.07, 6.45) is 0.104. The Morgan fingerprint density at radius 2 is 2.00 bits per heavy atom. The average molecular weight is 404 g/mol. The smallest absolute Gasteiger partial charge is 0.294 e. The summed E-state index contributed by atoms with van der Waals surface area (Å²) in [6, 6.07) is 12.2. The Morgan fingerprint density at radius 1 is 1.32 bits per heavy atom. The third kappa shape index (κ3) is 4.78. The zero-order valence-electron chi connectivity index (χ0n) is 13.3. The lowest BCUT2D eigenvalue weighted by Crippen LogP contribution is -2.12. The minimum Gasteiger partial charge on any atom is -0.497 e. The fraction of sp³-hybridized carbons (Fsp3) is 0.176. The molecule has 0 unspecified atom stereocenters. The monoisotopic (exact) mass is 403 g/mol. The quantitative estimate of drug-likeness (QED) is 0.582. The number of anilines is 1. The normalized spacial score (nSPS) is 9.96. The SMILES string of the molecule is COc1ccc(Cc2cc(Br)c(NC(=O)CC#N)c([N+](=O)[O-])c2)cc1. The molecule has 8 heteroatoms. The second-order valence-corrected chi connectivity index (χ2v) is 5.99. The Kier molecular flexibility index (Phi) is 6.08. The van der Waals surface area contributed by atoms with Crippen LogP contribution >= 0.6 is 15.9 Å². The highest BCUT2D eigenvalue weighted by molar-refractivity contribution is 9.10. The third-order valence-electron chi connectivity index (χ3n) is 3.40. The molecule has 0 spiro atoms. The van der Waals surface area contributed by atoms with Gasteiger partial charge in [0.15, 0.2) is 0 Å². The van der Waals surface area contributed by atoms with Gasteiger partial charge in [-0.05, 0) is 51.7 Å². The van der Waals surface area contributed by atoms with E-state index in [9.17, 15) is 14.9 Å².